The number of rotatable bonds is 54. The zero-order valence-corrected chi connectivity index (χ0v) is 45.8. The van der Waals surface area contributed by atoms with E-state index in [0.717, 1.165) is 89.9 Å². The van der Waals surface area contributed by atoms with Gasteiger partial charge in [-0.25, -0.2) is 0 Å². The number of unbranched alkanes of at least 4 members (excludes halogenated alkanes) is 33. The van der Waals surface area contributed by atoms with Crippen LogP contribution in [-0.2, 0) is 28.6 Å². The molecule has 1 unspecified atom stereocenters. The van der Waals surface area contributed by atoms with Crippen molar-refractivity contribution in [2.24, 2.45) is 0 Å². The molecule has 69 heavy (non-hydrogen) atoms. The molecule has 0 N–H and O–H groups in total. The highest BCUT2D eigenvalue weighted by molar-refractivity contribution is 5.71. The van der Waals surface area contributed by atoms with Crippen LogP contribution in [0.2, 0.25) is 0 Å². The lowest BCUT2D eigenvalue weighted by Crippen LogP contribution is -2.30. The number of allylic oxidation sites excluding steroid dienone is 10. The van der Waals surface area contributed by atoms with Crippen LogP contribution in [0.4, 0.5) is 0 Å². The molecule has 0 amide bonds. The van der Waals surface area contributed by atoms with E-state index in [1.807, 2.05) is 0 Å². The van der Waals surface area contributed by atoms with Crippen molar-refractivity contribution < 1.29 is 28.6 Å². The second-order valence-corrected chi connectivity index (χ2v) is 19.9. The van der Waals surface area contributed by atoms with Crippen molar-refractivity contribution >= 4 is 17.9 Å². The Kier molecular flexibility index (Phi) is 55.3. The monoisotopic (exact) mass is 965 g/mol. The van der Waals surface area contributed by atoms with Crippen LogP contribution in [0.3, 0.4) is 0 Å². The summed E-state index contributed by atoms with van der Waals surface area (Å²) in [5, 5.41) is 0. The number of carbonyl (C=O) groups excluding carboxylic acids is 3. The summed E-state index contributed by atoms with van der Waals surface area (Å²) in [5.74, 6) is -0.858. The molecule has 0 aromatic rings. The van der Waals surface area contributed by atoms with Crippen molar-refractivity contribution in [3.05, 3.63) is 60.8 Å². The minimum Gasteiger partial charge on any atom is -0.462 e. The quantitative estimate of drug-likeness (QED) is 0.0262. The van der Waals surface area contributed by atoms with E-state index in [0.29, 0.717) is 19.3 Å². The van der Waals surface area contributed by atoms with E-state index in [4.69, 9.17) is 14.2 Å². The largest absolute Gasteiger partial charge is 0.462 e. The van der Waals surface area contributed by atoms with Gasteiger partial charge < -0.3 is 14.2 Å². The van der Waals surface area contributed by atoms with Crippen LogP contribution >= 0.6 is 0 Å². The fraction of sp³-hybridized carbons (Fsp3) is 0.794. The van der Waals surface area contributed by atoms with Gasteiger partial charge in [-0.05, 0) is 64.2 Å². The Balaban J connectivity index is 4.12. The minimum atomic E-state index is -0.768. The highest BCUT2D eigenvalue weighted by atomic mass is 16.6. The van der Waals surface area contributed by atoms with Gasteiger partial charge in [0.25, 0.3) is 0 Å². The van der Waals surface area contributed by atoms with Crippen molar-refractivity contribution in [1.82, 2.24) is 0 Å². The molecule has 6 heteroatoms. The molecule has 0 aliphatic heterocycles. The van der Waals surface area contributed by atoms with Crippen LogP contribution in [0.5, 0.6) is 0 Å². The van der Waals surface area contributed by atoms with Crippen molar-refractivity contribution in [2.45, 2.75) is 309 Å². The lowest BCUT2D eigenvalue weighted by atomic mass is 10.0. The standard InChI is InChI=1S/C63H112O6/c1-4-7-10-13-16-19-22-24-25-26-27-28-29-30-31-32-33-34-35-36-37-38-39-40-42-44-47-50-53-56-62(65)68-59-60(58-67-61(64)55-52-49-46-43-21-18-15-12-9-6-3)69-63(66)57-54-51-48-45-41-23-20-17-14-11-8-5-2/h7,10,16,19,24-25,27-28,30-31,60H,4-6,8-9,11-15,17-18,20-23,26,29,32-59H2,1-3H3/b10-7-,19-16-,25-24-,28-27-,31-30-. The molecule has 0 saturated carbocycles. The zero-order valence-electron chi connectivity index (χ0n) is 45.8. The fourth-order valence-electron chi connectivity index (χ4n) is 8.59. The zero-order chi connectivity index (χ0) is 50.0. The molecule has 0 heterocycles. The predicted octanol–water partition coefficient (Wildman–Crippen LogP) is 20.0. The van der Waals surface area contributed by atoms with Gasteiger partial charge in [-0.15, -0.1) is 0 Å². The number of ether oxygens (including phenoxy) is 3. The fourth-order valence-corrected chi connectivity index (χ4v) is 8.59. The van der Waals surface area contributed by atoms with E-state index >= 15 is 0 Å². The van der Waals surface area contributed by atoms with E-state index < -0.39 is 6.10 Å². The first-order chi connectivity index (χ1) is 34.0. The maximum atomic E-state index is 12.8. The summed E-state index contributed by atoms with van der Waals surface area (Å²) in [4.78, 5) is 38.0. The van der Waals surface area contributed by atoms with Crippen LogP contribution in [0.15, 0.2) is 60.8 Å². The first-order valence-corrected chi connectivity index (χ1v) is 29.8. The molecule has 0 aromatic carbocycles. The number of esters is 3. The van der Waals surface area contributed by atoms with Gasteiger partial charge in [-0.1, -0.05) is 281 Å². The van der Waals surface area contributed by atoms with Crippen LogP contribution in [0.1, 0.15) is 303 Å². The molecule has 0 fully saturated rings. The molecule has 0 rings (SSSR count). The van der Waals surface area contributed by atoms with Crippen molar-refractivity contribution in [3.63, 3.8) is 0 Å². The van der Waals surface area contributed by atoms with Crippen LogP contribution in [0.25, 0.3) is 0 Å². The normalized spacial score (nSPS) is 12.4. The Bertz CT molecular complexity index is 1250. The van der Waals surface area contributed by atoms with Gasteiger partial charge in [0.2, 0.25) is 0 Å². The highest BCUT2D eigenvalue weighted by Gasteiger charge is 2.19. The summed E-state index contributed by atoms with van der Waals surface area (Å²) in [7, 11) is 0. The van der Waals surface area contributed by atoms with E-state index in [1.165, 1.54) is 173 Å². The lowest BCUT2D eigenvalue weighted by Gasteiger charge is -2.18. The highest BCUT2D eigenvalue weighted by Crippen LogP contribution is 2.17. The van der Waals surface area contributed by atoms with Gasteiger partial charge in [0.15, 0.2) is 6.10 Å². The average molecular weight is 966 g/mol. The smallest absolute Gasteiger partial charge is 0.306 e. The maximum absolute atomic E-state index is 12.8. The molecule has 6 nitrogen and oxygen atoms in total. The Morgan fingerprint density at radius 1 is 0.304 bits per heavy atom. The third kappa shape index (κ3) is 55.9. The molecular weight excluding hydrogens is 853 g/mol. The second kappa shape index (κ2) is 57.7. The summed E-state index contributed by atoms with van der Waals surface area (Å²) < 4.78 is 16.8. The number of hydrogen-bond acceptors (Lipinski definition) is 6. The third-order valence-corrected chi connectivity index (χ3v) is 13.0. The average Bonchev–Trinajstić information content (AvgIpc) is 3.35. The summed E-state index contributed by atoms with van der Waals surface area (Å²) in [6.45, 7) is 6.54. The van der Waals surface area contributed by atoms with Gasteiger partial charge in [0.05, 0.1) is 0 Å². The third-order valence-electron chi connectivity index (χ3n) is 13.0. The lowest BCUT2D eigenvalue weighted by molar-refractivity contribution is -0.167. The molecular formula is C63H112O6. The van der Waals surface area contributed by atoms with E-state index in [-0.39, 0.29) is 31.1 Å². The van der Waals surface area contributed by atoms with Gasteiger partial charge >= 0.3 is 17.9 Å². The minimum absolute atomic E-state index is 0.0690. The Hall–Kier alpha value is -2.89. The van der Waals surface area contributed by atoms with Crippen LogP contribution in [0, 0.1) is 0 Å². The number of hydrogen-bond donors (Lipinski definition) is 0. The van der Waals surface area contributed by atoms with Crippen molar-refractivity contribution in [1.29, 1.82) is 0 Å². The predicted molar refractivity (Wildman–Crippen MR) is 298 cm³/mol. The first kappa shape index (κ1) is 66.1. The van der Waals surface area contributed by atoms with Crippen molar-refractivity contribution in [3.8, 4) is 0 Å². The molecule has 0 aliphatic carbocycles. The SMILES string of the molecule is CC/C=C\C/C=C\C/C=C\C/C=C\C/C=C\CCCCCCCCCCCCCCCC(=O)OCC(COC(=O)CCCCCCCCCCCC)OC(=O)CCCCCCCCCCCCCC. The van der Waals surface area contributed by atoms with Gasteiger partial charge in [0.1, 0.15) is 13.2 Å². The number of carbonyl (C=O) groups is 3. The summed E-state index contributed by atoms with van der Waals surface area (Å²) >= 11 is 0. The van der Waals surface area contributed by atoms with E-state index in [1.54, 1.807) is 0 Å². The molecule has 400 valence electrons. The molecule has 0 aliphatic rings. The van der Waals surface area contributed by atoms with E-state index in [2.05, 4.69) is 81.5 Å². The topological polar surface area (TPSA) is 78.9 Å². The van der Waals surface area contributed by atoms with Crippen LogP contribution in [-0.4, -0.2) is 37.2 Å². The Labute approximate surface area is 428 Å². The van der Waals surface area contributed by atoms with Crippen LogP contribution < -0.4 is 0 Å². The first-order valence-electron chi connectivity index (χ1n) is 29.8. The van der Waals surface area contributed by atoms with Gasteiger partial charge in [0, 0.05) is 19.3 Å². The molecule has 0 aromatic heterocycles. The Morgan fingerprint density at radius 3 is 0.884 bits per heavy atom. The molecule has 0 spiro atoms. The molecule has 0 bridgehead atoms. The molecule has 1 atom stereocenters. The molecule has 0 radical (unpaired) electrons. The van der Waals surface area contributed by atoms with Gasteiger partial charge in [-0.2, -0.15) is 0 Å². The molecule has 0 saturated heterocycles. The van der Waals surface area contributed by atoms with Crippen molar-refractivity contribution in [2.75, 3.05) is 13.2 Å². The summed E-state index contributed by atoms with van der Waals surface area (Å²) in [5.41, 5.74) is 0. The summed E-state index contributed by atoms with van der Waals surface area (Å²) in [6, 6.07) is 0. The summed E-state index contributed by atoms with van der Waals surface area (Å²) in [6.07, 6.45) is 72.3. The second-order valence-electron chi connectivity index (χ2n) is 19.9. The Morgan fingerprint density at radius 2 is 0.565 bits per heavy atom. The van der Waals surface area contributed by atoms with Gasteiger partial charge in [-0.3, -0.25) is 14.4 Å². The maximum Gasteiger partial charge on any atom is 0.306 e. The van der Waals surface area contributed by atoms with E-state index in [9.17, 15) is 14.4 Å².